The molecule has 0 aromatic heterocycles. The van der Waals surface area contributed by atoms with Crippen molar-refractivity contribution < 1.29 is 0 Å². The molecule has 0 nitrogen and oxygen atoms in total. The summed E-state index contributed by atoms with van der Waals surface area (Å²) in [5.74, 6) is 0.827. The van der Waals surface area contributed by atoms with E-state index < -0.39 is 8.80 Å². The van der Waals surface area contributed by atoms with Crippen LogP contribution in [0.15, 0.2) is 22.5 Å². The van der Waals surface area contributed by atoms with Crippen LogP contribution in [0.1, 0.15) is 55.4 Å². The Hall–Kier alpha value is -0.303. The quantitative estimate of drug-likeness (QED) is 0.611. The first-order valence-corrected chi connectivity index (χ1v) is 9.03. The van der Waals surface area contributed by atoms with Crippen molar-refractivity contribution >= 4 is 8.80 Å². The highest BCUT2D eigenvalue weighted by Gasteiger charge is 2.34. The summed E-state index contributed by atoms with van der Waals surface area (Å²) in [5, 5.41) is 1.80. The second-order valence-corrected chi connectivity index (χ2v) is 10.6. The summed E-state index contributed by atoms with van der Waals surface area (Å²) < 4.78 is 0. The minimum Gasteiger partial charge on any atom is -0.0929 e. The molecule has 0 aromatic carbocycles. The number of allylic oxidation sites excluding steroid dienone is 3. The van der Waals surface area contributed by atoms with Crippen molar-refractivity contribution in [3.05, 3.63) is 22.5 Å². The Bertz CT molecular complexity index is 332. The second-order valence-electron chi connectivity index (χ2n) is 7.92. The summed E-state index contributed by atoms with van der Waals surface area (Å²) in [6, 6.07) is 1.42. The van der Waals surface area contributed by atoms with Crippen molar-refractivity contribution in [3.63, 3.8) is 0 Å². The summed E-state index contributed by atoms with van der Waals surface area (Å²) in [4.78, 5) is 0. The van der Waals surface area contributed by atoms with Gasteiger partial charge in [0.05, 0.1) is 8.80 Å². The average Bonchev–Trinajstić information content (AvgIpc) is 2.44. The van der Waals surface area contributed by atoms with Gasteiger partial charge < -0.3 is 0 Å². The fraction of sp³-hybridized carbons (Fsp3) is 0.750. The number of hydrogen-bond acceptors (Lipinski definition) is 0. The normalized spacial score (nSPS) is 21.8. The first-order valence-electron chi connectivity index (χ1n) is 6.97. The van der Waals surface area contributed by atoms with Crippen LogP contribution in [0.25, 0.3) is 0 Å². The topological polar surface area (TPSA) is 0 Å². The van der Waals surface area contributed by atoms with E-state index in [9.17, 15) is 0 Å². The van der Waals surface area contributed by atoms with Gasteiger partial charge in [0, 0.05) is 0 Å². The van der Waals surface area contributed by atoms with Crippen molar-refractivity contribution in [2.24, 2.45) is 16.7 Å². The molecule has 1 rings (SSSR count). The Morgan fingerprint density at radius 2 is 1.53 bits per heavy atom. The number of hydrogen-bond donors (Lipinski definition) is 0. The van der Waals surface area contributed by atoms with Crippen LogP contribution in [0.3, 0.4) is 0 Å². The molecule has 0 aliphatic carbocycles. The van der Waals surface area contributed by atoms with Gasteiger partial charge >= 0.3 is 0 Å². The summed E-state index contributed by atoms with van der Waals surface area (Å²) in [6.45, 7) is 18.9. The zero-order chi connectivity index (χ0) is 13.4. The summed E-state index contributed by atoms with van der Waals surface area (Å²) in [5.41, 5.74) is 4.85. The average molecular weight is 251 g/mol. The van der Waals surface area contributed by atoms with Crippen molar-refractivity contribution in [1.82, 2.24) is 0 Å². The van der Waals surface area contributed by atoms with E-state index in [1.807, 2.05) is 0 Å². The zero-order valence-corrected chi connectivity index (χ0v) is 14.2. The molecule has 0 N–H and O–H groups in total. The SMILES string of the molecule is CC(C)C[SiH]1C=CC(C(C)(C)C)=C1C(C)(C)C. The fourth-order valence-corrected chi connectivity index (χ4v) is 6.98. The van der Waals surface area contributed by atoms with E-state index in [0.29, 0.717) is 10.8 Å². The lowest BCUT2D eigenvalue weighted by Crippen LogP contribution is -2.27. The highest BCUT2D eigenvalue weighted by molar-refractivity contribution is 6.73. The van der Waals surface area contributed by atoms with Crippen molar-refractivity contribution in [2.45, 2.75) is 61.4 Å². The lowest BCUT2D eigenvalue weighted by atomic mass is 9.81. The van der Waals surface area contributed by atoms with E-state index in [2.05, 4.69) is 67.2 Å². The third-order valence-corrected chi connectivity index (χ3v) is 7.52. The van der Waals surface area contributed by atoms with E-state index in [1.54, 1.807) is 10.8 Å². The molecule has 0 bridgehead atoms. The molecule has 1 aliphatic heterocycles. The third-order valence-electron chi connectivity index (χ3n) is 3.50. The Kier molecular flexibility index (Phi) is 4.13. The Morgan fingerprint density at radius 3 is 1.88 bits per heavy atom. The molecule has 17 heavy (non-hydrogen) atoms. The van der Waals surface area contributed by atoms with Gasteiger partial charge in [-0.3, -0.25) is 0 Å². The molecular formula is C16H30Si. The van der Waals surface area contributed by atoms with Gasteiger partial charge in [-0.15, -0.1) is 0 Å². The Morgan fingerprint density at radius 1 is 1.00 bits per heavy atom. The van der Waals surface area contributed by atoms with Gasteiger partial charge in [-0.05, 0) is 22.3 Å². The van der Waals surface area contributed by atoms with E-state index in [1.165, 1.54) is 6.04 Å². The molecule has 1 atom stereocenters. The first kappa shape index (κ1) is 14.8. The molecule has 0 spiro atoms. The second kappa shape index (κ2) is 4.76. The molecule has 1 aliphatic rings. The van der Waals surface area contributed by atoms with E-state index in [0.717, 1.165) is 5.92 Å². The molecule has 1 unspecified atom stereocenters. The molecule has 98 valence electrons. The van der Waals surface area contributed by atoms with E-state index >= 15 is 0 Å². The van der Waals surface area contributed by atoms with Gasteiger partial charge in [-0.2, -0.15) is 0 Å². The van der Waals surface area contributed by atoms with Crippen LogP contribution in [-0.4, -0.2) is 8.80 Å². The largest absolute Gasteiger partial charge is 0.0929 e. The highest BCUT2D eigenvalue weighted by atomic mass is 28.3. The molecule has 0 amide bonds. The van der Waals surface area contributed by atoms with Crippen molar-refractivity contribution in [1.29, 1.82) is 0 Å². The lowest BCUT2D eigenvalue weighted by Gasteiger charge is -2.32. The van der Waals surface area contributed by atoms with Gasteiger partial charge in [0.15, 0.2) is 0 Å². The van der Waals surface area contributed by atoms with Crippen LogP contribution < -0.4 is 0 Å². The molecule has 0 saturated heterocycles. The molecule has 0 radical (unpaired) electrons. The smallest absolute Gasteiger partial charge is 0.0902 e. The van der Waals surface area contributed by atoms with Gasteiger partial charge in [-0.25, -0.2) is 0 Å². The first-order chi connectivity index (χ1) is 7.53. The standard InChI is InChI=1S/C16H30Si/c1-12(2)11-17-10-9-13(15(3,4)5)14(17)16(6,7)8/h9-10,12,17H,11H2,1-8H3. The highest BCUT2D eigenvalue weighted by Crippen LogP contribution is 2.43. The summed E-state index contributed by atoms with van der Waals surface area (Å²) in [6.07, 6.45) is 2.44. The van der Waals surface area contributed by atoms with Crippen LogP contribution in [0.4, 0.5) is 0 Å². The third kappa shape index (κ3) is 3.58. The molecular weight excluding hydrogens is 220 g/mol. The minimum absolute atomic E-state index is 0.303. The van der Waals surface area contributed by atoms with Crippen molar-refractivity contribution in [3.8, 4) is 0 Å². The molecule has 0 fully saturated rings. The van der Waals surface area contributed by atoms with Gasteiger partial charge in [0.25, 0.3) is 0 Å². The predicted octanol–water partition coefficient (Wildman–Crippen LogP) is 4.91. The van der Waals surface area contributed by atoms with Crippen LogP contribution in [0.5, 0.6) is 0 Å². The van der Waals surface area contributed by atoms with Crippen molar-refractivity contribution in [2.75, 3.05) is 0 Å². The monoisotopic (exact) mass is 250 g/mol. The maximum Gasteiger partial charge on any atom is 0.0902 e. The Labute approximate surface area is 110 Å². The maximum atomic E-state index is 2.57. The minimum atomic E-state index is -0.837. The summed E-state index contributed by atoms with van der Waals surface area (Å²) >= 11 is 0. The Balaban J connectivity index is 3.16. The fourth-order valence-electron chi connectivity index (χ4n) is 2.92. The predicted molar refractivity (Wildman–Crippen MR) is 81.9 cm³/mol. The van der Waals surface area contributed by atoms with Gasteiger partial charge in [0.2, 0.25) is 0 Å². The lowest BCUT2D eigenvalue weighted by molar-refractivity contribution is 0.472. The van der Waals surface area contributed by atoms with E-state index in [-0.39, 0.29) is 0 Å². The molecule has 0 aromatic rings. The number of rotatable bonds is 2. The maximum absolute atomic E-state index is 2.57. The molecule has 1 heterocycles. The molecule has 0 saturated carbocycles. The zero-order valence-electron chi connectivity index (χ0n) is 13.0. The van der Waals surface area contributed by atoms with E-state index in [4.69, 9.17) is 0 Å². The van der Waals surface area contributed by atoms with Crippen LogP contribution in [-0.2, 0) is 0 Å². The van der Waals surface area contributed by atoms with Crippen LogP contribution in [0.2, 0.25) is 6.04 Å². The van der Waals surface area contributed by atoms with Crippen LogP contribution in [0, 0.1) is 16.7 Å². The van der Waals surface area contributed by atoms with Gasteiger partial charge in [0.1, 0.15) is 0 Å². The molecule has 1 heteroatoms. The van der Waals surface area contributed by atoms with Gasteiger partial charge in [-0.1, -0.05) is 78.4 Å². The van der Waals surface area contributed by atoms with Crippen LogP contribution >= 0.6 is 0 Å². The summed E-state index contributed by atoms with van der Waals surface area (Å²) in [7, 11) is -0.837.